The van der Waals surface area contributed by atoms with Crippen LogP contribution in [0.15, 0.2) is 59.8 Å². The van der Waals surface area contributed by atoms with Crippen LogP contribution < -0.4 is 10.6 Å². The molecule has 1 atom stereocenters. The van der Waals surface area contributed by atoms with E-state index < -0.39 is 6.10 Å². The van der Waals surface area contributed by atoms with Crippen LogP contribution in [0, 0.1) is 0 Å². The first kappa shape index (κ1) is 16.1. The number of fused-ring (bicyclic) bond motifs is 1. The van der Waals surface area contributed by atoms with E-state index >= 15 is 0 Å². The van der Waals surface area contributed by atoms with Crippen LogP contribution >= 0.6 is 0 Å². The fraction of sp³-hybridized carbons (Fsp3) is 0.263. The number of carbonyl (C=O) groups excluding carboxylic acids is 1. The minimum atomic E-state index is -0.675. The molecule has 2 aromatic carbocycles. The van der Waals surface area contributed by atoms with Gasteiger partial charge in [0.25, 0.3) is 5.91 Å². The van der Waals surface area contributed by atoms with Gasteiger partial charge in [0, 0.05) is 18.7 Å². The molecule has 124 valence electrons. The van der Waals surface area contributed by atoms with Gasteiger partial charge in [-0.05, 0) is 30.5 Å². The van der Waals surface area contributed by atoms with Gasteiger partial charge in [-0.3, -0.25) is 4.79 Å². The van der Waals surface area contributed by atoms with E-state index in [0.29, 0.717) is 18.8 Å². The van der Waals surface area contributed by atoms with Crippen LogP contribution in [0.3, 0.4) is 0 Å². The lowest BCUT2D eigenvalue weighted by atomic mass is 10.1. The average Bonchev–Trinajstić information content (AvgIpc) is 3.04. The zero-order valence-corrected chi connectivity index (χ0v) is 13.7. The van der Waals surface area contributed by atoms with Crippen LogP contribution in [-0.4, -0.2) is 24.4 Å². The third-order valence-corrected chi connectivity index (χ3v) is 4.06. The molecule has 0 spiro atoms. The van der Waals surface area contributed by atoms with Gasteiger partial charge >= 0.3 is 0 Å². The van der Waals surface area contributed by atoms with Crippen molar-refractivity contribution in [3.8, 4) is 0 Å². The predicted octanol–water partition coefficient (Wildman–Crippen LogP) is 2.50. The molecule has 1 amide bonds. The Kier molecular flexibility index (Phi) is 4.79. The Morgan fingerprint density at radius 2 is 1.92 bits per heavy atom. The van der Waals surface area contributed by atoms with Gasteiger partial charge in [0.2, 0.25) is 6.10 Å². The molecule has 0 aromatic heterocycles. The summed E-state index contributed by atoms with van der Waals surface area (Å²) in [7, 11) is 0. The average molecular weight is 323 g/mol. The second-order valence-electron chi connectivity index (χ2n) is 5.86. The van der Waals surface area contributed by atoms with Crippen molar-refractivity contribution in [2.24, 2.45) is 10.9 Å². The standard InChI is InChI=1S/C19H21N3O2/c1-14(24-21-18(20)13-15-7-3-2-4-8-15)19(23)22-12-11-16-9-5-6-10-17(16)22/h2-10,14H,11-13H2,1H3,(H2,20,21). The van der Waals surface area contributed by atoms with E-state index in [2.05, 4.69) is 5.16 Å². The summed E-state index contributed by atoms with van der Waals surface area (Å²) in [6.07, 6.45) is 0.688. The van der Waals surface area contributed by atoms with Crippen molar-refractivity contribution < 1.29 is 9.63 Å². The molecule has 1 aliphatic rings. The molecule has 1 unspecified atom stereocenters. The molecule has 5 nitrogen and oxygen atoms in total. The lowest BCUT2D eigenvalue weighted by Crippen LogP contribution is -2.37. The smallest absolute Gasteiger partial charge is 0.270 e. The molecular weight excluding hydrogens is 302 g/mol. The largest absolute Gasteiger partial charge is 0.384 e. The van der Waals surface area contributed by atoms with E-state index in [4.69, 9.17) is 10.6 Å². The molecule has 24 heavy (non-hydrogen) atoms. The maximum absolute atomic E-state index is 12.6. The van der Waals surface area contributed by atoms with Crippen molar-refractivity contribution >= 4 is 17.4 Å². The van der Waals surface area contributed by atoms with Crippen LogP contribution in [0.5, 0.6) is 0 Å². The maximum Gasteiger partial charge on any atom is 0.270 e. The Bertz CT molecular complexity index is 743. The SMILES string of the molecule is CC(O/N=C(\N)Cc1ccccc1)C(=O)N1CCc2ccccc21. The first-order chi connectivity index (χ1) is 11.6. The third-order valence-electron chi connectivity index (χ3n) is 4.06. The molecule has 0 bridgehead atoms. The van der Waals surface area contributed by atoms with Gasteiger partial charge in [-0.25, -0.2) is 0 Å². The topological polar surface area (TPSA) is 67.9 Å². The minimum absolute atomic E-state index is 0.101. The summed E-state index contributed by atoms with van der Waals surface area (Å²) in [6.45, 7) is 2.37. The van der Waals surface area contributed by atoms with Crippen molar-refractivity contribution in [1.29, 1.82) is 0 Å². The van der Waals surface area contributed by atoms with Crippen LogP contribution in [-0.2, 0) is 22.5 Å². The fourth-order valence-electron chi connectivity index (χ4n) is 2.82. The van der Waals surface area contributed by atoms with Crippen molar-refractivity contribution in [2.75, 3.05) is 11.4 Å². The highest BCUT2D eigenvalue weighted by Gasteiger charge is 2.28. The zero-order valence-electron chi connectivity index (χ0n) is 13.7. The molecule has 0 aliphatic carbocycles. The van der Waals surface area contributed by atoms with Gasteiger partial charge in [0.15, 0.2) is 0 Å². The summed E-state index contributed by atoms with van der Waals surface area (Å²) in [5.41, 5.74) is 9.08. The summed E-state index contributed by atoms with van der Waals surface area (Å²) < 4.78 is 0. The number of nitrogens with two attached hydrogens (primary N) is 1. The second kappa shape index (κ2) is 7.17. The van der Waals surface area contributed by atoms with Crippen molar-refractivity contribution in [3.63, 3.8) is 0 Å². The number of oxime groups is 1. The predicted molar refractivity (Wildman–Crippen MR) is 94.8 cm³/mol. The van der Waals surface area contributed by atoms with E-state index in [9.17, 15) is 4.79 Å². The second-order valence-corrected chi connectivity index (χ2v) is 5.86. The number of rotatable bonds is 5. The molecule has 0 fully saturated rings. The monoisotopic (exact) mass is 323 g/mol. The van der Waals surface area contributed by atoms with E-state index in [1.807, 2.05) is 54.6 Å². The summed E-state index contributed by atoms with van der Waals surface area (Å²) in [5, 5.41) is 3.91. The van der Waals surface area contributed by atoms with Gasteiger partial charge in [-0.2, -0.15) is 0 Å². The molecule has 3 rings (SSSR count). The normalized spacial score (nSPS) is 15.0. The Labute approximate surface area is 141 Å². The van der Waals surface area contributed by atoms with Crippen LogP contribution in [0.1, 0.15) is 18.1 Å². The Morgan fingerprint density at radius 1 is 1.21 bits per heavy atom. The number of para-hydroxylation sites is 1. The summed E-state index contributed by atoms with van der Waals surface area (Å²) in [5.74, 6) is 0.249. The quantitative estimate of drug-likeness (QED) is 0.522. The van der Waals surface area contributed by atoms with Gasteiger partial charge in [0.1, 0.15) is 5.84 Å². The molecule has 0 radical (unpaired) electrons. The molecule has 5 heteroatoms. The van der Waals surface area contributed by atoms with Gasteiger partial charge < -0.3 is 15.5 Å². The number of hydrogen-bond acceptors (Lipinski definition) is 3. The van der Waals surface area contributed by atoms with Crippen molar-refractivity contribution in [2.45, 2.75) is 25.9 Å². The maximum atomic E-state index is 12.6. The van der Waals surface area contributed by atoms with Crippen LogP contribution in [0.4, 0.5) is 5.69 Å². The van der Waals surface area contributed by atoms with Crippen molar-refractivity contribution in [1.82, 2.24) is 0 Å². The zero-order chi connectivity index (χ0) is 16.9. The van der Waals surface area contributed by atoms with E-state index in [1.165, 1.54) is 5.56 Å². The van der Waals surface area contributed by atoms with E-state index in [0.717, 1.165) is 17.7 Å². The number of amides is 1. The first-order valence-electron chi connectivity index (χ1n) is 8.06. The Hall–Kier alpha value is -2.82. The van der Waals surface area contributed by atoms with E-state index in [1.54, 1.807) is 11.8 Å². The molecule has 0 saturated heterocycles. The van der Waals surface area contributed by atoms with Gasteiger partial charge in [0.05, 0.1) is 0 Å². The molecule has 0 saturated carbocycles. The number of carbonyl (C=O) groups is 1. The highest BCUT2D eigenvalue weighted by atomic mass is 16.6. The van der Waals surface area contributed by atoms with Crippen molar-refractivity contribution in [3.05, 3.63) is 65.7 Å². The summed E-state index contributed by atoms with van der Waals surface area (Å²) >= 11 is 0. The first-order valence-corrected chi connectivity index (χ1v) is 8.06. The van der Waals surface area contributed by atoms with Gasteiger partial charge in [-0.1, -0.05) is 53.7 Å². The molecule has 1 heterocycles. The van der Waals surface area contributed by atoms with E-state index in [-0.39, 0.29) is 5.91 Å². The number of anilines is 1. The highest BCUT2D eigenvalue weighted by molar-refractivity contribution is 5.98. The Balaban J connectivity index is 1.60. The number of amidine groups is 1. The lowest BCUT2D eigenvalue weighted by Gasteiger charge is -2.20. The lowest BCUT2D eigenvalue weighted by molar-refractivity contribution is -0.128. The fourth-order valence-corrected chi connectivity index (χ4v) is 2.82. The summed E-state index contributed by atoms with van der Waals surface area (Å²) in [6, 6.07) is 17.7. The third kappa shape index (κ3) is 3.56. The minimum Gasteiger partial charge on any atom is -0.384 e. The summed E-state index contributed by atoms with van der Waals surface area (Å²) in [4.78, 5) is 19.7. The molecule has 2 N–H and O–H groups in total. The highest BCUT2D eigenvalue weighted by Crippen LogP contribution is 2.28. The Morgan fingerprint density at radius 3 is 2.71 bits per heavy atom. The molecule has 2 aromatic rings. The number of nitrogens with zero attached hydrogens (tertiary/aromatic N) is 2. The molecular formula is C19H21N3O2. The molecule has 1 aliphatic heterocycles. The van der Waals surface area contributed by atoms with Crippen LogP contribution in [0.25, 0.3) is 0 Å². The number of hydrogen-bond donors (Lipinski definition) is 1. The van der Waals surface area contributed by atoms with Crippen LogP contribution in [0.2, 0.25) is 0 Å². The van der Waals surface area contributed by atoms with Gasteiger partial charge in [-0.15, -0.1) is 0 Å². The number of benzene rings is 2.